The molecular formula is C14H12N2OS. The number of hydrogen-bond donors (Lipinski definition) is 0. The summed E-state index contributed by atoms with van der Waals surface area (Å²) < 4.78 is 7.27. The van der Waals surface area contributed by atoms with Gasteiger partial charge < -0.3 is 4.74 Å². The molecule has 2 aromatic heterocycles. The summed E-state index contributed by atoms with van der Waals surface area (Å²) in [6, 6.07) is 14.2. The molecule has 0 saturated carbocycles. The molecule has 0 atom stereocenters. The number of rotatable bonds is 3. The summed E-state index contributed by atoms with van der Waals surface area (Å²) in [5.74, 6) is 1.54. The number of thiophene rings is 1. The minimum Gasteiger partial charge on any atom is -0.480 e. The number of ether oxygens (including phenoxy) is 1. The lowest BCUT2D eigenvalue weighted by Gasteiger charge is -2.05. The van der Waals surface area contributed by atoms with Gasteiger partial charge in [0.05, 0.1) is 18.2 Å². The maximum absolute atomic E-state index is 5.23. The van der Waals surface area contributed by atoms with Gasteiger partial charge in [0.2, 0.25) is 5.88 Å². The van der Waals surface area contributed by atoms with Crippen LogP contribution < -0.4 is 4.74 Å². The normalized spacial score (nSPS) is 10.5. The summed E-state index contributed by atoms with van der Waals surface area (Å²) in [7, 11) is 1.63. The average Bonchev–Trinajstić information content (AvgIpc) is 3.08. The third-order valence-electron chi connectivity index (χ3n) is 2.67. The van der Waals surface area contributed by atoms with Gasteiger partial charge in [-0.2, -0.15) is 4.98 Å². The molecule has 3 aromatic rings. The molecule has 3 nitrogen and oxygen atoms in total. The SMILES string of the molecule is COc1cn(-c2ccccc2)c(-c2cccs2)n1. The van der Waals surface area contributed by atoms with Crippen LogP contribution in [0.1, 0.15) is 0 Å². The topological polar surface area (TPSA) is 27.1 Å². The molecule has 0 aliphatic rings. The molecule has 0 aliphatic carbocycles. The Morgan fingerprint density at radius 1 is 1.11 bits per heavy atom. The number of methoxy groups -OCH3 is 1. The van der Waals surface area contributed by atoms with Crippen molar-refractivity contribution in [2.45, 2.75) is 0 Å². The molecule has 0 N–H and O–H groups in total. The first kappa shape index (κ1) is 11.0. The lowest BCUT2D eigenvalue weighted by atomic mass is 10.3. The van der Waals surface area contributed by atoms with Crippen LogP contribution in [0.15, 0.2) is 54.0 Å². The number of aromatic nitrogens is 2. The number of hydrogen-bond acceptors (Lipinski definition) is 3. The summed E-state index contributed by atoms with van der Waals surface area (Å²) in [5, 5.41) is 2.05. The largest absolute Gasteiger partial charge is 0.480 e. The molecule has 18 heavy (non-hydrogen) atoms. The molecule has 0 radical (unpaired) electrons. The highest BCUT2D eigenvalue weighted by molar-refractivity contribution is 7.13. The fraction of sp³-hybridized carbons (Fsp3) is 0.0714. The molecule has 90 valence electrons. The minimum atomic E-state index is 0.627. The van der Waals surface area contributed by atoms with Crippen LogP contribution in [0.3, 0.4) is 0 Å². The molecule has 0 unspecified atom stereocenters. The van der Waals surface area contributed by atoms with Crippen molar-refractivity contribution in [1.82, 2.24) is 9.55 Å². The monoisotopic (exact) mass is 256 g/mol. The van der Waals surface area contributed by atoms with Crippen LogP contribution in [0.2, 0.25) is 0 Å². The third kappa shape index (κ3) is 1.91. The van der Waals surface area contributed by atoms with Gasteiger partial charge in [0, 0.05) is 5.69 Å². The van der Waals surface area contributed by atoms with E-state index in [2.05, 4.69) is 23.2 Å². The van der Waals surface area contributed by atoms with E-state index in [9.17, 15) is 0 Å². The van der Waals surface area contributed by atoms with Crippen molar-refractivity contribution < 1.29 is 4.74 Å². The molecule has 0 fully saturated rings. The van der Waals surface area contributed by atoms with Gasteiger partial charge in [0.1, 0.15) is 0 Å². The van der Waals surface area contributed by atoms with Crippen LogP contribution >= 0.6 is 11.3 Å². The highest BCUT2D eigenvalue weighted by Gasteiger charge is 2.12. The first-order valence-electron chi connectivity index (χ1n) is 5.61. The molecule has 0 spiro atoms. The van der Waals surface area contributed by atoms with Crippen molar-refractivity contribution in [1.29, 1.82) is 0 Å². The van der Waals surface area contributed by atoms with E-state index in [0.29, 0.717) is 5.88 Å². The van der Waals surface area contributed by atoms with Crippen molar-refractivity contribution >= 4 is 11.3 Å². The maximum atomic E-state index is 5.23. The lowest BCUT2D eigenvalue weighted by Crippen LogP contribution is -1.94. The Bertz CT molecular complexity index is 629. The Kier molecular flexibility index (Phi) is 2.86. The summed E-state index contributed by atoms with van der Waals surface area (Å²) >= 11 is 1.67. The van der Waals surface area contributed by atoms with Crippen molar-refractivity contribution in [3.8, 4) is 22.3 Å². The third-order valence-corrected chi connectivity index (χ3v) is 3.53. The Labute approximate surface area is 109 Å². The second-order valence-corrected chi connectivity index (χ2v) is 4.74. The summed E-state index contributed by atoms with van der Waals surface area (Å²) in [6.07, 6.45) is 1.91. The highest BCUT2D eigenvalue weighted by Crippen LogP contribution is 2.28. The molecule has 0 saturated heterocycles. The smallest absolute Gasteiger partial charge is 0.232 e. The first-order chi connectivity index (χ1) is 8.88. The van der Waals surface area contributed by atoms with E-state index in [-0.39, 0.29) is 0 Å². The Morgan fingerprint density at radius 3 is 2.61 bits per heavy atom. The van der Waals surface area contributed by atoms with Gasteiger partial charge in [-0.3, -0.25) is 4.57 Å². The quantitative estimate of drug-likeness (QED) is 0.715. The van der Waals surface area contributed by atoms with Gasteiger partial charge in [-0.15, -0.1) is 11.3 Å². The summed E-state index contributed by atoms with van der Waals surface area (Å²) in [6.45, 7) is 0. The second kappa shape index (κ2) is 4.66. The molecule has 0 amide bonds. The van der Waals surface area contributed by atoms with Crippen molar-refractivity contribution in [3.63, 3.8) is 0 Å². The van der Waals surface area contributed by atoms with E-state index in [1.807, 2.05) is 40.4 Å². The fourth-order valence-corrected chi connectivity index (χ4v) is 2.53. The first-order valence-corrected chi connectivity index (χ1v) is 6.49. The second-order valence-electron chi connectivity index (χ2n) is 3.79. The van der Waals surface area contributed by atoms with Crippen molar-refractivity contribution in [3.05, 3.63) is 54.0 Å². The highest BCUT2D eigenvalue weighted by atomic mass is 32.1. The summed E-state index contributed by atoms with van der Waals surface area (Å²) in [4.78, 5) is 5.63. The molecule has 4 heteroatoms. The van der Waals surface area contributed by atoms with E-state index in [1.165, 1.54) is 0 Å². The predicted molar refractivity (Wildman–Crippen MR) is 73.4 cm³/mol. The van der Waals surface area contributed by atoms with Gasteiger partial charge in [0.25, 0.3) is 0 Å². The number of imidazole rings is 1. The van der Waals surface area contributed by atoms with Crippen LogP contribution in [-0.4, -0.2) is 16.7 Å². The number of para-hydroxylation sites is 1. The van der Waals surface area contributed by atoms with Crippen LogP contribution in [0, 0.1) is 0 Å². The van der Waals surface area contributed by atoms with Crippen LogP contribution in [-0.2, 0) is 0 Å². The van der Waals surface area contributed by atoms with E-state index in [0.717, 1.165) is 16.4 Å². The molecule has 2 heterocycles. The molecule has 0 bridgehead atoms. The van der Waals surface area contributed by atoms with E-state index in [1.54, 1.807) is 18.4 Å². The zero-order valence-electron chi connectivity index (χ0n) is 9.91. The zero-order chi connectivity index (χ0) is 12.4. The van der Waals surface area contributed by atoms with E-state index < -0.39 is 0 Å². The Hall–Kier alpha value is -2.07. The van der Waals surface area contributed by atoms with E-state index >= 15 is 0 Å². The number of benzene rings is 1. The standard InChI is InChI=1S/C14H12N2OS/c1-17-13-10-16(11-6-3-2-4-7-11)14(15-13)12-8-5-9-18-12/h2-10H,1H3. The molecular weight excluding hydrogens is 244 g/mol. The van der Waals surface area contributed by atoms with Crippen molar-refractivity contribution in [2.75, 3.05) is 7.11 Å². The van der Waals surface area contributed by atoms with Gasteiger partial charge in [-0.25, -0.2) is 0 Å². The predicted octanol–water partition coefficient (Wildman–Crippen LogP) is 3.61. The maximum Gasteiger partial charge on any atom is 0.232 e. The van der Waals surface area contributed by atoms with Crippen LogP contribution in [0.5, 0.6) is 5.88 Å². The number of nitrogens with zero attached hydrogens (tertiary/aromatic N) is 2. The van der Waals surface area contributed by atoms with Gasteiger partial charge in [-0.1, -0.05) is 24.3 Å². The molecule has 3 rings (SSSR count). The van der Waals surface area contributed by atoms with Crippen LogP contribution in [0.4, 0.5) is 0 Å². The van der Waals surface area contributed by atoms with Crippen molar-refractivity contribution in [2.24, 2.45) is 0 Å². The average molecular weight is 256 g/mol. The van der Waals surface area contributed by atoms with Crippen LogP contribution in [0.25, 0.3) is 16.4 Å². The lowest BCUT2D eigenvalue weighted by molar-refractivity contribution is 0.400. The van der Waals surface area contributed by atoms with E-state index in [4.69, 9.17) is 4.74 Å². The molecule has 1 aromatic carbocycles. The molecule has 0 aliphatic heterocycles. The van der Waals surface area contributed by atoms with Gasteiger partial charge >= 0.3 is 0 Å². The zero-order valence-corrected chi connectivity index (χ0v) is 10.7. The van der Waals surface area contributed by atoms with Gasteiger partial charge in [0.15, 0.2) is 5.82 Å². The Morgan fingerprint density at radius 2 is 1.94 bits per heavy atom. The Balaban J connectivity index is 2.17. The van der Waals surface area contributed by atoms with Gasteiger partial charge in [-0.05, 0) is 23.6 Å². The minimum absolute atomic E-state index is 0.627. The summed E-state index contributed by atoms with van der Waals surface area (Å²) in [5.41, 5.74) is 1.08. The fourth-order valence-electron chi connectivity index (χ4n) is 1.82.